The van der Waals surface area contributed by atoms with Crippen LogP contribution in [0.15, 0.2) is 12.2 Å². The van der Waals surface area contributed by atoms with Crippen LogP contribution in [0.25, 0.3) is 0 Å². The zero-order valence-electron chi connectivity index (χ0n) is 15.0. The molecule has 26 heavy (non-hydrogen) atoms. The van der Waals surface area contributed by atoms with Gasteiger partial charge in [0.2, 0.25) is 0 Å². The maximum atomic E-state index is 13.0. The second kappa shape index (κ2) is 3.90. The number of rotatable bonds is 1. The first-order chi connectivity index (χ1) is 12.2. The number of fused-ring (bicyclic) bond motifs is 1. The smallest absolute Gasteiger partial charge is 0.315 e. The molecular formula is C20H24O6. The van der Waals surface area contributed by atoms with Gasteiger partial charge in [-0.2, -0.15) is 0 Å². The quantitative estimate of drug-likeness (QED) is 0.531. The van der Waals surface area contributed by atoms with E-state index in [0.717, 1.165) is 12.0 Å². The van der Waals surface area contributed by atoms with Crippen LogP contribution >= 0.6 is 0 Å². The number of aliphatic hydroxyl groups excluding tert-OH is 2. The Morgan fingerprint density at radius 2 is 2.08 bits per heavy atom. The molecule has 6 aliphatic carbocycles. The van der Waals surface area contributed by atoms with E-state index >= 15 is 0 Å². The molecule has 6 nitrogen and oxygen atoms in total. The number of esters is 2. The molecule has 6 heteroatoms. The number of allylic oxidation sites excluding steroid dienone is 1. The molecule has 6 saturated carbocycles. The highest BCUT2D eigenvalue weighted by Gasteiger charge is 3.03. The topological polar surface area (TPSA) is 93.1 Å². The maximum Gasteiger partial charge on any atom is 0.315 e. The van der Waals surface area contributed by atoms with Crippen LogP contribution < -0.4 is 0 Å². The SMILES string of the molecule is C=C1[C@@H]2C[C@H](O)[C@]34[C@@H]1[C@@]3(C2)[C@@H](C(=O)OC)[C@@H]1[C@]2(C)C(=O)O[C@@]14CC[C@H]2O. The Bertz CT molecular complexity index is 806. The van der Waals surface area contributed by atoms with Crippen molar-refractivity contribution in [2.24, 2.45) is 39.9 Å². The van der Waals surface area contributed by atoms with Crippen LogP contribution in [0.3, 0.4) is 0 Å². The Balaban J connectivity index is 1.66. The molecule has 0 unspecified atom stereocenters. The van der Waals surface area contributed by atoms with Crippen molar-refractivity contribution in [1.82, 2.24) is 0 Å². The first-order valence-corrected chi connectivity index (χ1v) is 9.61. The molecule has 0 radical (unpaired) electrons. The first kappa shape index (κ1) is 15.6. The van der Waals surface area contributed by atoms with Crippen LogP contribution in [0, 0.1) is 39.9 Å². The van der Waals surface area contributed by atoms with E-state index in [0.29, 0.717) is 19.3 Å². The number of carbonyl (C=O) groups excluding carboxylic acids is 2. The Kier molecular flexibility index (Phi) is 2.35. The van der Waals surface area contributed by atoms with Gasteiger partial charge in [-0.05, 0) is 44.4 Å². The van der Waals surface area contributed by atoms with Crippen molar-refractivity contribution in [3.63, 3.8) is 0 Å². The van der Waals surface area contributed by atoms with E-state index in [1.807, 2.05) is 0 Å². The van der Waals surface area contributed by atoms with Crippen LogP contribution in [0.5, 0.6) is 0 Å². The van der Waals surface area contributed by atoms with Crippen molar-refractivity contribution in [1.29, 1.82) is 0 Å². The number of hydrogen-bond donors (Lipinski definition) is 2. The minimum Gasteiger partial charge on any atom is -0.469 e. The van der Waals surface area contributed by atoms with Crippen LogP contribution in [-0.4, -0.2) is 47.1 Å². The van der Waals surface area contributed by atoms with Gasteiger partial charge in [0.05, 0.1) is 36.1 Å². The molecule has 7 aliphatic rings. The molecule has 7 fully saturated rings. The number of aliphatic hydroxyl groups is 2. The van der Waals surface area contributed by atoms with Gasteiger partial charge < -0.3 is 19.7 Å². The fourth-order valence-corrected chi connectivity index (χ4v) is 9.03. The van der Waals surface area contributed by atoms with Crippen LogP contribution in [0.2, 0.25) is 0 Å². The minimum atomic E-state index is -1.12. The van der Waals surface area contributed by atoms with E-state index in [9.17, 15) is 19.8 Å². The van der Waals surface area contributed by atoms with Crippen molar-refractivity contribution in [3.8, 4) is 0 Å². The zero-order chi connectivity index (χ0) is 18.4. The van der Waals surface area contributed by atoms with Gasteiger partial charge in [0, 0.05) is 11.3 Å². The third-order valence-electron chi connectivity index (χ3n) is 9.56. The molecule has 2 spiro atoms. The lowest BCUT2D eigenvalue weighted by molar-refractivity contribution is -0.171. The third kappa shape index (κ3) is 1.04. The van der Waals surface area contributed by atoms with Gasteiger partial charge in [0.1, 0.15) is 5.60 Å². The molecule has 6 bridgehead atoms. The Labute approximate surface area is 151 Å². The van der Waals surface area contributed by atoms with Crippen molar-refractivity contribution in [2.75, 3.05) is 7.11 Å². The zero-order valence-corrected chi connectivity index (χ0v) is 15.0. The molecule has 7 rings (SSSR count). The number of methoxy groups -OCH3 is 1. The Hall–Kier alpha value is -1.40. The monoisotopic (exact) mass is 360 g/mol. The van der Waals surface area contributed by atoms with E-state index < -0.39 is 51.9 Å². The second-order valence-electron chi connectivity index (χ2n) is 9.66. The highest BCUT2D eigenvalue weighted by atomic mass is 16.6. The van der Waals surface area contributed by atoms with E-state index in [4.69, 9.17) is 9.47 Å². The Morgan fingerprint density at radius 3 is 2.77 bits per heavy atom. The molecule has 1 saturated heterocycles. The largest absolute Gasteiger partial charge is 0.469 e. The first-order valence-electron chi connectivity index (χ1n) is 9.61. The fourth-order valence-electron chi connectivity index (χ4n) is 9.03. The molecular weight excluding hydrogens is 336 g/mol. The van der Waals surface area contributed by atoms with E-state index in [-0.39, 0.29) is 17.8 Å². The molecule has 0 aromatic heterocycles. The summed E-state index contributed by atoms with van der Waals surface area (Å²) >= 11 is 0. The summed E-state index contributed by atoms with van der Waals surface area (Å²) < 4.78 is 11.3. The van der Waals surface area contributed by atoms with Crippen molar-refractivity contribution < 1.29 is 29.3 Å². The maximum absolute atomic E-state index is 13.0. The number of hydrogen-bond acceptors (Lipinski definition) is 6. The van der Waals surface area contributed by atoms with Gasteiger partial charge in [0.25, 0.3) is 0 Å². The molecule has 140 valence electrons. The Morgan fingerprint density at radius 1 is 1.35 bits per heavy atom. The normalized spacial score (nSPS) is 63.2. The molecule has 10 atom stereocenters. The predicted octanol–water partition coefficient (Wildman–Crippen LogP) is 0.805. The van der Waals surface area contributed by atoms with Crippen molar-refractivity contribution >= 4 is 11.9 Å². The molecule has 1 aliphatic heterocycles. The second-order valence-corrected chi connectivity index (χ2v) is 9.66. The van der Waals surface area contributed by atoms with E-state index in [1.165, 1.54) is 7.11 Å². The summed E-state index contributed by atoms with van der Waals surface area (Å²) in [5.41, 5.74) is -1.98. The summed E-state index contributed by atoms with van der Waals surface area (Å²) in [4.78, 5) is 26.0. The molecule has 0 aromatic carbocycles. The predicted molar refractivity (Wildman–Crippen MR) is 87.4 cm³/mol. The third-order valence-corrected chi connectivity index (χ3v) is 9.56. The van der Waals surface area contributed by atoms with Gasteiger partial charge in [-0.15, -0.1) is 0 Å². The average molecular weight is 360 g/mol. The van der Waals surface area contributed by atoms with Crippen LogP contribution in [0.1, 0.15) is 32.6 Å². The summed E-state index contributed by atoms with van der Waals surface area (Å²) in [6.07, 6.45) is 0.900. The van der Waals surface area contributed by atoms with E-state index in [1.54, 1.807) is 6.92 Å². The number of carbonyl (C=O) groups is 2. The van der Waals surface area contributed by atoms with E-state index in [2.05, 4.69) is 6.58 Å². The number of ether oxygens (including phenoxy) is 2. The summed E-state index contributed by atoms with van der Waals surface area (Å²) in [5, 5.41) is 21.9. The highest BCUT2D eigenvalue weighted by Crippen LogP contribution is 2.98. The molecule has 0 aromatic rings. The molecule has 0 amide bonds. The summed E-state index contributed by atoms with van der Waals surface area (Å²) in [6, 6.07) is 0. The summed E-state index contributed by atoms with van der Waals surface area (Å²) in [7, 11) is 1.37. The van der Waals surface area contributed by atoms with Gasteiger partial charge in [-0.3, -0.25) is 9.59 Å². The van der Waals surface area contributed by atoms with Crippen LogP contribution in [-0.2, 0) is 19.1 Å². The molecule has 1 heterocycles. The van der Waals surface area contributed by atoms with Gasteiger partial charge in [0.15, 0.2) is 0 Å². The fraction of sp³-hybridized carbons (Fsp3) is 0.800. The molecule has 2 N–H and O–H groups in total. The average Bonchev–Trinajstić information content (AvgIpc) is 2.99. The highest BCUT2D eigenvalue weighted by molar-refractivity contribution is 5.88. The van der Waals surface area contributed by atoms with Gasteiger partial charge >= 0.3 is 11.9 Å². The lowest BCUT2D eigenvalue weighted by atomic mass is 9.54. The van der Waals surface area contributed by atoms with Crippen molar-refractivity contribution in [2.45, 2.75) is 50.4 Å². The standard InChI is InChI=1S/C20H24O6/c1-8-9-6-11(22)20-13(8)18(20,7-9)12(15(23)25-3)14-17(2)10(21)4-5-19(14,20)26-16(17)24/h9-14,21-22H,1,4-7H2,2-3H3/t9-,10-,11+,12-,13+,14-,17-,18-,19+,20+/m1/s1. The summed E-state index contributed by atoms with van der Waals surface area (Å²) in [6.45, 7) is 6.03. The summed E-state index contributed by atoms with van der Waals surface area (Å²) in [5.74, 6) is -1.54. The van der Waals surface area contributed by atoms with Crippen LogP contribution in [0.4, 0.5) is 0 Å². The van der Waals surface area contributed by atoms with Crippen molar-refractivity contribution in [3.05, 3.63) is 12.2 Å². The van der Waals surface area contributed by atoms with Gasteiger partial charge in [-0.25, -0.2) is 0 Å². The minimum absolute atomic E-state index is 0.00879. The lowest BCUT2D eigenvalue weighted by Crippen LogP contribution is -2.59. The van der Waals surface area contributed by atoms with Gasteiger partial charge in [-0.1, -0.05) is 12.2 Å². The lowest BCUT2D eigenvalue weighted by Gasteiger charge is -2.50.